The van der Waals surface area contributed by atoms with Crippen molar-refractivity contribution < 1.29 is 0 Å². The van der Waals surface area contributed by atoms with Crippen molar-refractivity contribution in [3.8, 4) is 0 Å². The molecule has 0 amide bonds. The first kappa shape index (κ1) is 23.8. The zero-order valence-electron chi connectivity index (χ0n) is 22.6. The molecule has 5 heteroatoms. The van der Waals surface area contributed by atoms with Gasteiger partial charge >= 0.3 is 8.72 Å². The van der Waals surface area contributed by atoms with Gasteiger partial charge in [-0.3, -0.25) is 0 Å². The van der Waals surface area contributed by atoms with E-state index < -0.39 is 8.72 Å². The van der Waals surface area contributed by atoms with Crippen LogP contribution in [0.4, 0.5) is 34.1 Å². The second-order valence-electron chi connectivity index (χ2n) is 10.6. The molecule has 1 fully saturated rings. The molecule has 5 aromatic rings. The molecule has 1 unspecified atom stereocenters. The van der Waals surface area contributed by atoms with Crippen LogP contribution in [-0.2, 0) is 0 Å². The van der Waals surface area contributed by atoms with Gasteiger partial charge in [-0.05, 0) is 60.7 Å². The topological polar surface area (TPSA) is 13.0 Å². The van der Waals surface area contributed by atoms with Crippen molar-refractivity contribution in [1.29, 1.82) is 0 Å². The van der Waals surface area contributed by atoms with Gasteiger partial charge in [0.05, 0.1) is 23.5 Å². The fraction of sp³-hybridized carbons (Fsp3) is 0.0556. The molecule has 0 radical (unpaired) electrons. The number of anilines is 6. The molecular weight excluding hydrogens is 517 g/mol. The van der Waals surface area contributed by atoms with Crippen LogP contribution in [-0.4, -0.2) is 20.8 Å². The lowest BCUT2D eigenvalue weighted by Gasteiger charge is -2.50. The van der Waals surface area contributed by atoms with Crippen LogP contribution in [0.15, 0.2) is 170 Å². The minimum Gasteiger partial charge on any atom is -0.338 e. The Morgan fingerprint density at radius 3 is 1.05 bits per heavy atom. The standard InChI is InChI=1S/C36H30N4Si/c1-5-17-29(18-6-1)37-33-25-13-14-26-34(33)38(30-19-7-2-8-20-30)41(37)39(31-21-9-3-10-22-31)35-27-15-16-28-36(35)40(41)32-23-11-4-12-24-32/h1-28,33-34H/t33-,34?/m0/s1. The van der Waals surface area contributed by atoms with E-state index in [2.05, 4.69) is 188 Å². The first-order chi connectivity index (χ1) is 20.4. The molecule has 41 heavy (non-hydrogen) atoms. The predicted octanol–water partition coefficient (Wildman–Crippen LogP) is 8.30. The van der Waals surface area contributed by atoms with E-state index in [-0.39, 0.29) is 12.1 Å². The Bertz CT molecular complexity index is 1590. The second kappa shape index (κ2) is 9.57. The summed E-state index contributed by atoms with van der Waals surface area (Å²) >= 11 is 0. The van der Waals surface area contributed by atoms with Gasteiger partial charge in [-0.15, -0.1) is 0 Å². The minimum absolute atomic E-state index is 0.140. The molecule has 0 N–H and O–H groups in total. The molecule has 4 nitrogen and oxygen atoms in total. The maximum absolute atomic E-state index is 3.15. The summed E-state index contributed by atoms with van der Waals surface area (Å²) < 4.78 is 10.9. The van der Waals surface area contributed by atoms with Crippen LogP contribution in [0.3, 0.4) is 0 Å². The molecule has 1 aliphatic carbocycles. The Morgan fingerprint density at radius 2 is 0.683 bits per heavy atom. The zero-order valence-corrected chi connectivity index (χ0v) is 23.6. The van der Waals surface area contributed by atoms with Crippen LogP contribution in [0.5, 0.6) is 0 Å². The van der Waals surface area contributed by atoms with E-state index in [1.54, 1.807) is 0 Å². The summed E-state index contributed by atoms with van der Waals surface area (Å²) in [4.78, 5) is 0. The molecule has 0 saturated carbocycles. The third-order valence-corrected chi connectivity index (χ3v) is 13.0. The average molecular weight is 547 g/mol. The molecule has 0 bridgehead atoms. The number of para-hydroxylation sites is 6. The Morgan fingerprint density at radius 1 is 0.366 bits per heavy atom. The third kappa shape index (κ3) is 3.46. The van der Waals surface area contributed by atoms with Gasteiger partial charge in [-0.25, -0.2) is 0 Å². The highest BCUT2D eigenvalue weighted by molar-refractivity contribution is 6.97. The van der Waals surface area contributed by atoms with Gasteiger partial charge in [0.15, 0.2) is 0 Å². The van der Waals surface area contributed by atoms with E-state index in [4.69, 9.17) is 0 Å². The first-order valence-electron chi connectivity index (χ1n) is 14.2. The Kier molecular flexibility index (Phi) is 5.57. The van der Waals surface area contributed by atoms with Crippen molar-refractivity contribution in [1.82, 2.24) is 0 Å². The van der Waals surface area contributed by atoms with E-state index in [1.165, 1.54) is 34.1 Å². The summed E-state index contributed by atoms with van der Waals surface area (Å²) in [7, 11) is -3.15. The number of hydrogen-bond acceptors (Lipinski definition) is 4. The fourth-order valence-electron chi connectivity index (χ4n) is 6.92. The summed E-state index contributed by atoms with van der Waals surface area (Å²) in [6.45, 7) is 0. The summed E-state index contributed by atoms with van der Waals surface area (Å²) in [5, 5.41) is 0. The van der Waals surface area contributed by atoms with Gasteiger partial charge in [-0.2, -0.15) is 0 Å². The van der Waals surface area contributed by atoms with Gasteiger partial charge in [0.25, 0.3) is 0 Å². The van der Waals surface area contributed by atoms with Crippen molar-refractivity contribution >= 4 is 42.8 Å². The summed E-state index contributed by atoms with van der Waals surface area (Å²) in [6.07, 6.45) is 9.22. The molecule has 2 atom stereocenters. The van der Waals surface area contributed by atoms with Crippen LogP contribution in [0.1, 0.15) is 0 Å². The van der Waals surface area contributed by atoms with E-state index in [0.29, 0.717) is 0 Å². The molecule has 5 aromatic carbocycles. The van der Waals surface area contributed by atoms with Gasteiger partial charge in [-0.1, -0.05) is 109 Å². The lowest BCUT2D eigenvalue weighted by Crippen LogP contribution is -2.77. The van der Waals surface area contributed by atoms with Crippen LogP contribution in [0, 0.1) is 0 Å². The number of allylic oxidation sites excluding steroid dienone is 2. The maximum Gasteiger partial charge on any atom is 0.513 e. The fourth-order valence-corrected chi connectivity index (χ4v) is 12.5. The summed E-state index contributed by atoms with van der Waals surface area (Å²) in [5.41, 5.74) is 7.28. The van der Waals surface area contributed by atoms with Gasteiger partial charge < -0.3 is 18.3 Å². The molecule has 8 rings (SSSR count). The normalized spacial score (nSPS) is 20.0. The van der Waals surface area contributed by atoms with Crippen molar-refractivity contribution in [2.75, 3.05) is 18.3 Å². The summed E-state index contributed by atoms with van der Waals surface area (Å²) in [5.74, 6) is 0. The Hall–Kier alpha value is -5.00. The van der Waals surface area contributed by atoms with Crippen molar-refractivity contribution in [2.45, 2.75) is 12.1 Å². The highest BCUT2D eigenvalue weighted by Gasteiger charge is 2.72. The van der Waals surface area contributed by atoms with E-state index >= 15 is 0 Å². The van der Waals surface area contributed by atoms with Crippen molar-refractivity contribution in [2.24, 2.45) is 0 Å². The number of rotatable bonds is 4. The number of hydrogen-bond donors (Lipinski definition) is 0. The SMILES string of the molecule is C1=CC2[C@H](C=C1)N(c1ccccc1)[Si]1(N(c3ccccc3)c3ccccc3N1c1ccccc1)N2c1ccccc1. The quantitative estimate of drug-likeness (QED) is 0.210. The van der Waals surface area contributed by atoms with Crippen molar-refractivity contribution in [3.63, 3.8) is 0 Å². The van der Waals surface area contributed by atoms with E-state index in [1.807, 2.05) is 0 Å². The lowest BCUT2D eigenvalue weighted by molar-refractivity contribution is 0.745. The van der Waals surface area contributed by atoms with E-state index in [9.17, 15) is 0 Å². The second-order valence-corrected chi connectivity index (χ2v) is 13.7. The average Bonchev–Trinajstić information content (AvgIpc) is 3.51. The van der Waals surface area contributed by atoms with Crippen LogP contribution in [0.25, 0.3) is 0 Å². The van der Waals surface area contributed by atoms with Crippen LogP contribution < -0.4 is 18.3 Å². The molecule has 3 aliphatic rings. The molecule has 198 valence electrons. The molecule has 0 aromatic heterocycles. The van der Waals surface area contributed by atoms with Gasteiger partial charge in [0.2, 0.25) is 0 Å². The minimum atomic E-state index is -3.15. The Labute approximate surface area is 242 Å². The number of nitrogens with zero attached hydrogens (tertiary/aromatic N) is 4. The zero-order chi connectivity index (χ0) is 27.2. The monoisotopic (exact) mass is 546 g/mol. The summed E-state index contributed by atoms with van der Waals surface area (Å²) in [6, 6.07) is 53.1. The van der Waals surface area contributed by atoms with Crippen LogP contribution in [0.2, 0.25) is 0 Å². The third-order valence-electron chi connectivity index (χ3n) is 8.38. The molecule has 1 saturated heterocycles. The first-order valence-corrected chi connectivity index (χ1v) is 16.0. The largest absolute Gasteiger partial charge is 0.513 e. The number of fused-ring (bicyclic) bond motifs is 2. The van der Waals surface area contributed by atoms with Gasteiger partial charge in [0, 0.05) is 22.7 Å². The highest BCUT2D eigenvalue weighted by atomic mass is 28.4. The smallest absolute Gasteiger partial charge is 0.338 e. The molecular formula is C36H30N4Si. The van der Waals surface area contributed by atoms with E-state index in [0.717, 1.165) is 0 Å². The molecule has 1 spiro atoms. The maximum atomic E-state index is 2.75. The van der Waals surface area contributed by atoms with Gasteiger partial charge in [0.1, 0.15) is 0 Å². The highest BCUT2D eigenvalue weighted by Crippen LogP contribution is 2.58. The molecule has 2 aliphatic heterocycles. The number of benzene rings is 5. The van der Waals surface area contributed by atoms with Crippen LogP contribution >= 0.6 is 0 Å². The Balaban J connectivity index is 1.54. The lowest BCUT2D eigenvalue weighted by atomic mass is 10.0. The molecule has 2 heterocycles. The predicted molar refractivity (Wildman–Crippen MR) is 173 cm³/mol. The van der Waals surface area contributed by atoms with Crippen molar-refractivity contribution in [3.05, 3.63) is 170 Å².